The number of carbonyl (C=O) groups is 4. The Hall–Kier alpha value is -1.98. The average Bonchev–Trinajstić information content (AvgIpc) is 2.85. The van der Waals surface area contributed by atoms with Crippen molar-refractivity contribution in [1.29, 1.82) is 0 Å². The quantitative estimate of drug-likeness (QED) is 0.545. The van der Waals surface area contributed by atoms with Crippen molar-refractivity contribution in [2.45, 2.75) is 33.1 Å². The second-order valence-corrected chi connectivity index (χ2v) is 4.80. The molecule has 0 saturated heterocycles. The predicted octanol–water partition coefficient (Wildman–Crippen LogP) is 0.892. The molecule has 0 N–H and O–H groups in total. The molecule has 2 rings (SSSR count). The van der Waals surface area contributed by atoms with E-state index in [1.54, 1.807) is 0 Å². The van der Waals surface area contributed by atoms with Gasteiger partial charge in [-0.2, -0.15) is 0 Å². The Morgan fingerprint density at radius 3 is 1.53 bits per heavy atom. The van der Waals surface area contributed by atoms with Crippen molar-refractivity contribution in [2.75, 3.05) is 0 Å². The number of esters is 4. The zero-order valence-corrected chi connectivity index (χ0v) is 10.7. The van der Waals surface area contributed by atoms with E-state index in [0.717, 1.165) is 26.7 Å². The van der Waals surface area contributed by atoms with Crippen LogP contribution in [0.2, 0.25) is 0 Å². The van der Waals surface area contributed by atoms with Gasteiger partial charge in [-0.05, 0) is 31.1 Å². The van der Waals surface area contributed by atoms with E-state index < -0.39 is 23.9 Å². The number of hydrogen-bond donors (Lipinski definition) is 0. The highest BCUT2D eigenvalue weighted by Gasteiger charge is 2.46. The van der Waals surface area contributed by atoms with Gasteiger partial charge in [-0.3, -0.25) is 9.59 Å². The highest BCUT2D eigenvalue weighted by molar-refractivity contribution is 6.07. The molecule has 1 saturated carbocycles. The van der Waals surface area contributed by atoms with Gasteiger partial charge in [0.05, 0.1) is 11.1 Å². The highest BCUT2D eigenvalue weighted by atomic mass is 16.6. The van der Waals surface area contributed by atoms with Crippen molar-refractivity contribution in [3.8, 4) is 0 Å². The van der Waals surface area contributed by atoms with Crippen LogP contribution in [0.3, 0.4) is 0 Å². The zero-order chi connectivity index (χ0) is 14.2. The van der Waals surface area contributed by atoms with E-state index in [1.807, 2.05) is 0 Å². The minimum absolute atomic E-state index is 0.0774. The van der Waals surface area contributed by atoms with Crippen LogP contribution in [0.5, 0.6) is 0 Å². The Kier molecular flexibility index (Phi) is 3.50. The van der Waals surface area contributed by atoms with Crippen LogP contribution < -0.4 is 0 Å². The first-order chi connectivity index (χ1) is 8.90. The molecule has 0 aromatic carbocycles. The van der Waals surface area contributed by atoms with Gasteiger partial charge in [0.15, 0.2) is 0 Å². The molecule has 19 heavy (non-hydrogen) atoms. The summed E-state index contributed by atoms with van der Waals surface area (Å²) in [6.07, 6.45) is 2.23. The average molecular weight is 266 g/mol. The number of ether oxygens (including phenoxy) is 2. The highest BCUT2D eigenvalue weighted by Crippen LogP contribution is 2.49. The molecular formula is C13H14O6. The molecule has 6 heteroatoms. The van der Waals surface area contributed by atoms with Gasteiger partial charge in [-0.1, -0.05) is 0 Å². The summed E-state index contributed by atoms with van der Waals surface area (Å²) < 4.78 is 9.09. The van der Waals surface area contributed by atoms with E-state index in [1.165, 1.54) is 0 Å². The number of fused-ring (bicyclic) bond motifs is 2. The SMILES string of the molecule is CC(=O)OC(=O)C1=C(C(=O)OC(C)=O)C2CCC1C2. The summed E-state index contributed by atoms with van der Waals surface area (Å²) in [6, 6.07) is 0. The Morgan fingerprint density at radius 2 is 1.21 bits per heavy atom. The standard InChI is InChI=1S/C13H14O6/c1-6(14)18-12(16)10-8-3-4-9(5-8)11(10)13(17)19-7(2)15/h8-9H,3-5H2,1-2H3. The summed E-state index contributed by atoms with van der Waals surface area (Å²) in [6.45, 7) is 2.25. The van der Waals surface area contributed by atoms with Crippen molar-refractivity contribution in [2.24, 2.45) is 11.8 Å². The number of rotatable bonds is 2. The minimum Gasteiger partial charge on any atom is -0.390 e. The van der Waals surface area contributed by atoms with Gasteiger partial charge in [-0.15, -0.1) is 0 Å². The number of carbonyl (C=O) groups excluding carboxylic acids is 4. The Morgan fingerprint density at radius 1 is 0.842 bits per heavy atom. The number of hydrogen-bond acceptors (Lipinski definition) is 6. The van der Waals surface area contributed by atoms with Crippen LogP contribution in [0.1, 0.15) is 33.1 Å². The van der Waals surface area contributed by atoms with Crippen LogP contribution in [0.15, 0.2) is 11.1 Å². The maximum absolute atomic E-state index is 11.9. The van der Waals surface area contributed by atoms with Crippen LogP contribution in [0.25, 0.3) is 0 Å². The molecule has 1 fully saturated rings. The largest absolute Gasteiger partial charge is 0.390 e. The molecule has 0 aromatic rings. The molecule has 6 nitrogen and oxygen atoms in total. The van der Waals surface area contributed by atoms with E-state index in [9.17, 15) is 19.2 Å². The smallest absolute Gasteiger partial charge is 0.342 e. The van der Waals surface area contributed by atoms with E-state index >= 15 is 0 Å². The summed E-state index contributed by atoms with van der Waals surface area (Å²) >= 11 is 0. The lowest BCUT2D eigenvalue weighted by Gasteiger charge is -2.16. The molecule has 102 valence electrons. The van der Waals surface area contributed by atoms with E-state index in [4.69, 9.17) is 0 Å². The van der Waals surface area contributed by atoms with Crippen molar-refractivity contribution >= 4 is 23.9 Å². The summed E-state index contributed by atoms with van der Waals surface area (Å²) in [4.78, 5) is 45.4. The molecule has 2 aliphatic carbocycles. The Bertz CT molecular complexity index is 457. The van der Waals surface area contributed by atoms with Crippen LogP contribution in [-0.2, 0) is 28.7 Å². The van der Waals surface area contributed by atoms with Gasteiger partial charge in [0.25, 0.3) is 0 Å². The Balaban J connectivity index is 2.30. The fraction of sp³-hybridized carbons (Fsp3) is 0.538. The third-order valence-corrected chi connectivity index (χ3v) is 3.45. The second kappa shape index (κ2) is 4.95. The van der Waals surface area contributed by atoms with E-state index in [0.29, 0.717) is 6.42 Å². The van der Waals surface area contributed by atoms with Crippen molar-refractivity contribution < 1.29 is 28.7 Å². The Labute approximate surface area is 109 Å². The van der Waals surface area contributed by atoms with E-state index in [-0.39, 0.29) is 23.0 Å². The molecule has 2 atom stereocenters. The van der Waals surface area contributed by atoms with Gasteiger partial charge in [0.1, 0.15) is 0 Å². The molecule has 0 aromatic heterocycles. The topological polar surface area (TPSA) is 86.7 Å². The second-order valence-electron chi connectivity index (χ2n) is 4.80. The molecule has 0 amide bonds. The fourth-order valence-electron chi connectivity index (χ4n) is 2.87. The van der Waals surface area contributed by atoms with E-state index in [2.05, 4.69) is 9.47 Å². The molecule has 0 radical (unpaired) electrons. The lowest BCUT2D eigenvalue weighted by atomic mass is 9.92. The molecule has 0 heterocycles. The predicted molar refractivity (Wildman–Crippen MR) is 61.4 cm³/mol. The third-order valence-electron chi connectivity index (χ3n) is 3.45. The maximum Gasteiger partial charge on any atom is 0.342 e. The molecule has 2 aliphatic rings. The van der Waals surface area contributed by atoms with Crippen LogP contribution in [-0.4, -0.2) is 23.9 Å². The van der Waals surface area contributed by atoms with Gasteiger partial charge in [-0.25, -0.2) is 9.59 Å². The first-order valence-corrected chi connectivity index (χ1v) is 6.09. The molecule has 0 aliphatic heterocycles. The van der Waals surface area contributed by atoms with Crippen molar-refractivity contribution in [3.05, 3.63) is 11.1 Å². The summed E-state index contributed by atoms with van der Waals surface area (Å²) in [5, 5.41) is 0. The van der Waals surface area contributed by atoms with Crippen molar-refractivity contribution in [3.63, 3.8) is 0 Å². The van der Waals surface area contributed by atoms with Gasteiger partial charge < -0.3 is 9.47 Å². The fourth-order valence-corrected chi connectivity index (χ4v) is 2.87. The normalized spacial score (nSPS) is 24.3. The van der Waals surface area contributed by atoms with Gasteiger partial charge in [0.2, 0.25) is 0 Å². The summed E-state index contributed by atoms with van der Waals surface area (Å²) in [5.41, 5.74) is 0.412. The maximum atomic E-state index is 11.9. The molecular weight excluding hydrogens is 252 g/mol. The van der Waals surface area contributed by atoms with Crippen LogP contribution >= 0.6 is 0 Å². The summed E-state index contributed by atoms with van der Waals surface area (Å²) in [7, 11) is 0. The molecule has 2 unspecified atom stereocenters. The lowest BCUT2D eigenvalue weighted by molar-refractivity contribution is -0.158. The van der Waals surface area contributed by atoms with Gasteiger partial charge >= 0.3 is 23.9 Å². The van der Waals surface area contributed by atoms with Crippen LogP contribution in [0, 0.1) is 11.8 Å². The summed E-state index contributed by atoms with van der Waals surface area (Å²) in [5.74, 6) is -3.19. The molecule has 0 spiro atoms. The van der Waals surface area contributed by atoms with Crippen LogP contribution in [0.4, 0.5) is 0 Å². The first kappa shape index (κ1) is 13.5. The molecule has 2 bridgehead atoms. The third kappa shape index (κ3) is 2.57. The van der Waals surface area contributed by atoms with Gasteiger partial charge in [0, 0.05) is 13.8 Å². The monoisotopic (exact) mass is 266 g/mol. The first-order valence-electron chi connectivity index (χ1n) is 6.09. The lowest BCUT2D eigenvalue weighted by Crippen LogP contribution is -2.23. The minimum atomic E-state index is -0.796. The van der Waals surface area contributed by atoms with Crippen molar-refractivity contribution in [1.82, 2.24) is 0 Å². The zero-order valence-electron chi connectivity index (χ0n) is 10.7.